The quantitative estimate of drug-likeness (QED) is 0.479. The smallest absolute Gasteiger partial charge is 0.203 e. The summed E-state index contributed by atoms with van der Waals surface area (Å²) >= 11 is 1.44. The van der Waals surface area contributed by atoms with E-state index >= 15 is 0 Å². The SMILES string of the molecule is Br.COc1ccc(C=NNc2nc(-c3ccc(F)cc3)cs2)cc1. The van der Waals surface area contributed by atoms with Crippen LogP contribution < -0.4 is 10.2 Å². The van der Waals surface area contributed by atoms with Crippen molar-refractivity contribution >= 4 is 39.7 Å². The zero-order chi connectivity index (χ0) is 16.1. The van der Waals surface area contributed by atoms with Crippen molar-refractivity contribution in [1.29, 1.82) is 0 Å². The van der Waals surface area contributed by atoms with E-state index in [4.69, 9.17) is 4.74 Å². The van der Waals surface area contributed by atoms with Crippen LogP contribution in [0, 0.1) is 5.82 Å². The van der Waals surface area contributed by atoms with Crippen LogP contribution in [0.25, 0.3) is 11.3 Å². The maximum absolute atomic E-state index is 12.9. The van der Waals surface area contributed by atoms with Crippen LogP contribution in [-0.4, -0.2) is 18.3 Å². The lowest BCUT2D eigenvalue weighted by molar-refractivity contribution is 0.415. The van der Waals surface area contributed by atoms with E-state index < -0.39 is 0 Å². The average molecular weight is 408 g/mol. The predicted octanol–water partition coefficient (Wildman–Crippen LogP) is 4.98. The molecule has 1 heterocycles. The lowest BCUT2D eigenvalue weighted by Gasteiger charge is -1.99. The van der Waals surface area contributed by atoms with Crippen molar-refractivity contribution in [3.05, 3.63) is 65.3 Å². The molecule has 0 radical (unpaired) electrons. The lowest BCUT2D eigenvalue weighted by Crippen LogP contribution is -1.90. The highest BCUT2D eigenvalue weighted by atomic mass is 79.9. The van der Waals surface area contributed by atoms with Gasteiger partial charge in [0.2, 0.25) is 5.13 Å². The number of nitrogens with zero attached hydrogens (tertiary/aromatic N) is 2. The number of nitrogens with one attached hydrogen (secondary N) is 1. The largest absolute Gasteiger partial charge is 0.497 e. The topological polar surface area (TPSA) is 46.5 Å². The highest BCUT2D eigenvalue weighted by Crippen LogP contribution is 2.24. The summed E-state index contributed by atoms with van der Waals surface area (Å²) < 4.78 is 18.0. The Morgan fingerprint density at radius 3 is 2.50 bits per heavy atom. The summed E-state index contributed by atoms with van der Waals surface area (Å²) in [5, 5.41) is 6.74. The van der Waals surface area contributed by atoms with Crippen molar-refractivity contribution in [2.75, 3.05) is 12.5 Å². The number of benzene rings is 2. The summed E-state index contributed by atoms with van der Waals surface area (Å²) in [4.78, 5) is 4.42. The summed E-state index contributed by atoms with van der Waals surface area (Å²) in [6, 6.07) is 13.8. The van der Waals surface area contributed by atoms with Gasteiger partial charge in [-0.2, -0.15) is 5.10 Å². The van der Waals surface area contributed by atoms with Gasteiger partial charge < -0.3 is 4.74 Å². The second kappa shape index (κ2) is 8.56. The Morgan fingerprint density at radius 1 is 1.12 bits per heavy atom. The first-order valence-corrected chi connectivity index (χ1v) is 7.77. The van der Waals surface area contributed by atoms with E-state index in [1.165, 1.54) is 23.5 Å². The molecule has 1 N–H and O–H groups in total. The van der Waals surface area contributed by atoms with Crippen LogP contribution in [0.15, 0.2) is 59.0 Å². The molecule has 0 spiro atoms. The number of anilines is 1. The Labute approximate surface area is 153 Å². The number of hydrogen-bond acceptors (Lipinski definition) is 5. The molecule has 0 bridgehead atoms. The standard InChI is InChI=1S/C17H14FN3OS.BrH/c1-22-15-8-2-12(3-9-15)10-19-21-17-20-16(11-23-17)13-4-6-14(18)7-5-13;/h2-11H,1H3,(H,20,21);1H. The summed E-state index contributed by atoms with van der Waals surface area (Å²) in [6.07, 6.45) is 1.71. The van der Waals surface area contributed by atoms with Gasteiger partial charge in [-0.15, -0.1) is 28.3 Å². The van der Waals surface area contributed by atoms with Gasteiger partial charge in [-0.05, 0) is 54.1 Å². The number of thiazole rings is 1. The lowest BCUT2D eigenvalue weighted by atomic mass is 10.2. The molecule has 0 amide bonds. The first kappa shape index (κ1) is 18.1. The van der Waals surface area contributed by atoms with Crippen molar-refractivity contribution in [2.45, 2.75) is 0 Å². The summed E-state index contributed by atoms with van der Waals surface area (Å²) in [6.45, 7) is 0. The molecule has 0 atom stereocenters. The molecule has 0 aliphatic carbocycles. The number of hydrogen-bond donors (Lipinski definition) is 1. The number of rotatable bonds is 5. The molecule has 4 nitrogen and oxygen atoms in total. The third-order valence-corrected chi connectivity index (χ3v) is 3.88. The van der Waals surface area contributed by atoms with E-state index in [0.29, 0.717) is 5.13 Å². The molecular formula is C17H15BrFN3OS. The Bertz CT molecular complexity index is 803. The molecule has 0 aliphatic heterocycles. The average Bonchev–Trinajstić information content (AvgIpc) is 3.05. The van der Waals surface area contributed by atoms with Gasteiger partial charge in [0, 0.05) is 10.9 Å². The van der Waals surface area contributed by atoms with Gasteiger partial charge >= 0.3 is 0 Å². The van der Waals surface area contributed by atoms with Crippen molar-refractivity contribution in [3.8, 4) is 17.0 Å². The minimum atomic E-state index is -0.258. The van der Waals surface area contributed by atoms with Gasteiger partial charge in [-0.25, -0.2) is 9.37 Å². The van der Waals surface area contributed by atoms with Crippen molar-refractivity contribution in [3.63, 3.8) is 0 Å². The number of methoxy groups -OCH3 is 1. The Morgan fingerprint density at radius 2 is 1.83 bits per heavy atom. The molecule has 3 aromatic rings. The molecule has 0 fully saturated rings. The Balaban J connectivity index is 0.00000208. The van der Waals surface area contributed by atoms with Crippen LogP contribution in [0.4, 0.5) is 9.52 Å². The van der Waals surface area contributed by atoms with Gasteiger partial charge in [0.15, 0.2) is 0 Å². The minimum absolute atomic E-state index is 0. The van der Waals surface area contributed by atoms with Crippen molar-refractivity contribution in [1.82, 2.24) is 4.98 Å². The molecule has 0 saturated heterocycles. The van der Waals surface area contributed by atoms with Crippen LogP contribution in [0.2, 0.25) is 0 Å². The maximum atomic E-state index is 12.9. The molecular weight excluding hydrogens is 393 g/mol. The zero-order valence-corrected chi connectivity index (χ0v) is 15.3. The minimum Gasteiger partial charge on any atom is -0.497 e. The molecule has 24 heavy (non-hydrogen) atoms. The highest BCUT2D eigenvalue weighted by molar-refractivity contribution is 8.93. The van der Waals surface area contributed by atoms with Gasteiger partial charge in [-0.3, -0.25) is 5.43 Å². The van der Waals surface area contributed by atoms with Crippen LogP contribution >= 0.6 is 28.3 Å². The molecule has 1 aromatic heterocycles. The van der Waals surface area contributed by atoms with E-state index in [0.717, 1.165) is 22.6 Å². The third-order valence-electron chi connectivity index (χ3n) is 3.13. The molecule has 0 aliphatic rings. The van der Waals surface area contributed by atoms with E-state index in [1.54, 1.807) is 25.5 Å². The fourth-order valence-electron chi connectivity index (χ4n) is 1.93. The monoisotopic (exact) mass is 407 g/mol. The second-order valence-corrected chi connectivity index (χ2v) is 5.55. The van der Waals surface area contributed by atoms with Gasteiger partial charge in [0.25, 0.3) is 0 Å². The zero-order valence-electron chi connectivity index (χ0n) is 12.8. The second-order valence-electron chi connectivity index (χ2n) is 4.69. The molecule has 0 unspecified atom stereocenters. The van der Waals surface area contributed by atoms with E-state index in [2.05, 4.69) is 15.5 Å². The first-order valence-electron chi connectivity index (χ1n) is 6.89. The van der Waals surface area contributed by atoms with Crippen LogP contribution in [-0.2, 0) is 0 Å². The molecule has 3 rings (SSSR count). The van der Waals surface area contributed by atoms with Crippen LogP contribution in [0.1, 0.15) is 5.56 Å². The first-order chi connectivity index (χ1) is 11.2. The third kappa shape index (κ3) is 4.62. The molecule has 2 aromatic carbocycles. The summed E-state index contributed by atoms with van der Waals surface area (Å²) in [7, 11) is 1.63. The van der Waals surface area contributed by atoms with Crippen molar-refractivity contribution in [2.24, 2.45) is 5.10 Å². The Hall–Kier alpha value is -2.25. The van der Waals surface area contributed by atoms with E-state index in [1.807, 2.05) is 29.6 Å². The van der Waals surface area contributed by atoms with Crippen molar-refractivity contribution < 1.29 is 9.13 Å². The fraction of sp³-hybridized carbons (Fsp3) is 0.0588. The molecule has 0 saturated carbocycles. The van der Waals surface area contributed by atoms with E-state index in [-0.39, 0.29) is 22.8 Å². The van der Waals surface area contributed by atoms with Gasteiger partial charge in [0.05, 0.1) is 19.0 Å². The number of ether oxygens (including phenoxy) is 1. The molecule has 124 valence electrons. The fourth-order valence-corrected chi connectivity index (χ4v) is 2.60. The normalized spacial score (nSPS) is 10.4. The molecule has 7 heteroatoms. The number of aromatic nitrogens is 1. The highest BCUT2D eigenvalue weighted by Gasteiger charge is 2.03. The van der Waals surface area contributed by atoms with Gasteiger partial charge in [-0.1, -0.05) is 0 Å². The number of hydrazone groups is 1. The van der Waals surface area contributed by atoms with Gasteiger partial charge in [0.1, 0.15) is 11.6 Å². The summed E-state index contributed by atoms with van der Waals surface area (Å²) in [5.74, 6) is 0.547. The van der Waals surface area contributed by atoms with Crippen LogP contribution in [0.3, 0.4) is 0 Å². The predicted molar refractivity (Wildman–Crippen MR) is 102 cm³/mol. The Kier molecular flexibility index (Phi) is 6.45. The summed E-state index contributed by atoms with van der Waals surface area (Å²) in [5.41, 5.74) is 5.51. The van der Waals surface area contributed by atoms with E-state index in [9.17, 15) is 4.39 Å². The van der Waals surface area contributed by atoms with Crippen LogP contribution in [0.5, 0.6) is 5.75 Å². The maximum Gasteiger partial charge on any atom is 0.203 e. The number of halogens is 2.